The van der Waals surface area contributed by atoms with Crippen molar-refractivity contribution in [2.75, 3.05) is 0 Å². The van der Waals surface area contributed by atoms with Crippen LogP contribution in [-0.2, 0) is 0 Å². The summed E-state index contributed by atoms with van der Waals surface area (Å²) in [6.45, 7) is 8.09. The predicted molar refractivity (Wildman–Crippen MR) is 51.8 cm³/mol. The van der Waals surface area contributed by atoms with Crippen molar-refractivity contribution in [2.45, 2.75) is 6.92 Å². The van der Waals surface area contributed by atoms with E-state index in [1.54, 1.807) is 0 Å². The van der Waals surface area contributed by atoms with Crippen LogP contribution in [0.3, 0.4) is 0 Å². The van der Waals surface area contributed by atoms with Crippen molar-refractivity contribution in [2.24, 2.45) is 0 Å². The fraction of sp³-hybridized carbons (Fsp3) is 0.111. The molecule has 0 aromatic heterocycles. The third kappa shape index (κ3) is 3.42. The van der Waals surface area contributed by atoms with E-state index in [9.17, 15) is 0 Å². The highest BCUT2D eigenvalue weighted by Gasteiger charge is 1.79. The molecule has 0 aliphatic carbocycles. The lowest BCUT2D eigenvalue weighted by Gasteiger charge is -1.89. The van der Waals surface area contributed by atoms with Crippen LogP contribution in [0.15, 0.2) is 37.4 Å². The summed E-state index contributed by atoms with van der Waals surface area (Å²) in [7, 11) is 2.65. The molecule has 1 aromatic rings. The van der Waals surface area contributed by atoms with Gasteiger partial charge in [0, 0.05) is 0 Å². The fourth-order valence-electron chi connectivity index (χ4n) is 0.566. The van der Waals surface area contributed by atoms with Crippen molar-refractivity contribution < 1.29 is 0 Å². The highest BCUT2D eigenvalue weighted by atomic mass is 31.0. The van der Waals surface area contributed by atoms with E-state index in [0.717, 1.165) is 0 Å². The average Bonchev–Trinajstić information content (AvgIpc) is 2.00. The molecule has 0 radical (unpaired) electrons. The summed E-state index contributed by atoms with van der Waals surface area (Å²) in [5.74, 6) is 0. The van der Waals surface area contributed by atoms with E-state index in [1.807, 2.05) is 0 Å². The Kier molecular flexibility index (Phi) is 4.88. The summed E-state index contributed by atoms with van der Waals surface area (Å²) >= 11 is 0. The molecule has 0 fully saturated rings. The normalized spacial score (nSPS) is 7.80. The molecule has 1 atom stereocenters. The van der Waals surface area contributed by atoms with Gasteiger partial charge in [-0.1, -0.05) is 29.8 Å². The molecule has 0 saturated heterocycles. The minimum atomic E-state index is 1.25. The van der Waals surface area contributed by atoms with Crippen molar-refractivity contribution in [1.82, 2.24) is 0 Å². The maximum Gasteiger partial charge on any atom is -0.0302 e. The van der Waals surface area contributed by atoms with Gasteiger partial charge >= 0.3 is 0 Å². The molecular formula is C9H13P. The minimum Gasteiger partial charge on any atom is -0.106 e. The van der Waals surface area contributed by atoms with E-state index in [0.29, 0.717) is 0 Å². The third-order valence-electron chi connectivity index (χ3n) is 1.08. The van der Waals surface area contributed by atoms with E-state index in [1.165, 1.54) is 10.9 Å². The van der Waals surface area contributed by atoms with Gasteiger partial charge in [-0.25, -0.2) is 0 Å². The average molecular weight is 152 g/mol. The molecule has 0 aliphatic rings. The van der Waals surface area contributed by atoms with Crippen molar-refractivity contribution in [1.29, 1.82) is 0 Å². The zero-order chi connectivity index (χ0) is 7.98. The first-order valence-corrected chi connectivity index (χ1v) is 3.69. The molecule has 0 spiro atoms. The Hall–Kier alpha value is -0.610. The Morgan fingerprint density at radius 1 is 1.10 bits per heavy atom. The molecule has 1 heteroatoms. The molecule has 1 unspecified atom stereocenters. The number of benzene rings is 1. The van der Waals surface area contributed by atoms with E-state index >= 15 is 0 Å². The van der Waals surface area contributed by atoms with Crippen LogP contribution in [0, 0.1) is 6.92 Å². The van der Waals surface area contributed by atoms with Gasteiger partial charge in [-0.05, 0) is 12.2 Å². The Morgan fingerprint density at radius 2 is 1.50 bits per heavy atom. The number of hydrogen-bond donors (Lipinski definition) is 0. The quantitative estimate of drug-likeness (QED) is 0.395. The first kappa shape index (κ1) is 9.39. The van der Waals surface area contributed by atoms with Crippen LogP contribution in [0.1, 0.15) is 5.56 Å². The number of aryl methyl sites for hydroxylation is 1. The topological polar surface area (TPSA) is 0 Å². The molecule has 0 nitrogen and oxygen atoms in total. The zero-order valence-electron chi connectivity index (χ0n) is 6.30. The Bertz CT molecular complexity index is 155. The van der Waals surface area contributed by atoms with Crippen molar-refractivity contribution in [3.63, 3.8) is 0 Å². The Labute approximate surface area is 65.2 Å². The Balaban J connectivity index is 0.000000371. The SMILES string of the molecule is C=C.Cc1ccc(P)cc1. The molecule has 0 saturated carbocycles. The van der Waals surface area contributed by atoms with E-state index in [-0.39, 0.29) is 0 Å². The second-order valence-corrected chi connectivity index (χ2v) is 2.58. The number of hydrogen-bond acceptors (Lipinski definition) is 0. The summed E-state index contributed by atoms with van der Waals surface area (Å²) in [6.07, 6.45) is 0. The highest BCUT2D eigenvalue weighted by Crippen LogP contribution is 1.94. The van der Waals surface area contributed by atoms with Gasteiger partial charge in [0.05, 0.1) is 0 Å². The predicted octanol–water partition coefficient (Wildman–Crippen LogP) is 2.30. The van der Waals surface area contributed by atoms with Gasteiger partial charge in [0.2, 0.25) is 0 Å². The number of rotatable bonds is 0. The maximum absolute atomic E-state index is 3.00. The summed E-state index contributed by atoms with van der Waals surface area (Å²) < 4.78 is 0. The van der Waals surface area contributed by atoms with Gasteiger partial charge in [0.15, 0.2) is 0 Å². The second kappa shape index (κ2) is 5.20. The lowest BCUT2D eigenvalue weighted by Crippen LogP contribution is -1.85. The Morgan fingerprint density at radius 3 is 1.80 bits per heavy atom. The first-order valence-electron chi connectivity index (χ1n) is 3.11. The van der Waals surface area contributed by atoms with Crippen molar-refractivity contribution in [3.8, 4) is 0 Å². The largest absolute Gasteiger partial charge is 0.106 e. The van der Waals surface area contributed by atoms with Crippen LogP contribution in [-0.4, -0.2) is 0 Å². The van der Waals surface area contributed by atoms with Crippen LogP contribution in [0.25, 0.3) is 0 Å². The van der Waals surface area contributed by atoms with E-state index in [2.05, 4.69) is 53.6 Å². The van der Waals surface area contributed by atoms with Crippen LogP contribution in [0.5, 0.6) is 0 Å². The fourth-order valence-corrected chi connectivity index (χ4v) is 0.759. The van der Waals surface area contributed by atoms with Gasteiger partial charge < -0.3 is 0 Å². The van der Waals surface area contributed by atoms with E-state index in [4.69, 9.17) is 0 Å². The van der Waals surface area contributed by atoms with Crippen LogP contribution in [0.2, 0.25) is 0 Å². The van der Waals surface area contributed by atoms with Gasteiger partial charge in [0.1, 0.15) is 0 Å². The van der Waals surface area contributed by atoms with Crippen LogP contribution < -0.4 is 5.30 Å². The van der Waals surface area contributed by atoms with Gasteiger partial charge in [0.25, 0.3) is 0 Å². The zero-order valence-corrected chi connectivity index (χ0v) is 7.46. The van der Waals surface area contributed by atoms with Gasteiger partial charge in [-0.15, -0.1) is 22.4 Å². The molecule has 1 rings (SSSR count). The van der Waals surface area contributed by atoms with E-state index < -0.39 is 0 Å². The van der Waals surface area contributed by atoms with Crippen molar-refractivity contribution in [3.05, 3.63) is 43.0 Å². The second-order valence-electron chi connectivity index (χ2n) is 1.91. The maximum atomic E-state index is 3.00. The third-order valence-corrected chi connectivity index (χ3v) is 1.46. The molecule has 0 bridgehead atoms. The van der Waals surface area contributed by atoms with Crippen LogP contribution in [0.4, 0.5) is 0 Å². The summed E-state index contributed by atoms with van der Waals surface area (Å²) in [5.41, 5.74) is 1.32. The summed E-state index contributed by atoms with van der Waals surface area (Å²) in [4.78, 5) is 0. The lowest BCUT2D eigenvalue weighted by molar-refractivity contribution is 1.49. The molecule has 54 valence electrons. The summed E-state index contributed by atoms with van der Waals surface area (Å²) in [5, 5.41) is 1.25. The van der Waals surface area contributed by atoms with Crippen molar-refractivity contribution >= 4 is 14.5 Å². The molecule has 0 heterocycles. The highest BCUT2D eigenvalue weighted by molar-refractivity contribution is 7.27. The van der Waals surface area contributed by atoms with Crippen LogP contribution >= 0.6 is 9.24 Å². The molecule has 0 amide bonds. The first-order chi connectivity index (χ1) is 4.79. The minimum absolute atomic E-state index is 1.25. The molecule has 0 N–H and O–H groups in total. The molecule has 1 aromatic carbocycles. The lowest BCUT2D eigenvalue weighted by atomic mass is 10.2. The smallest absolute Gasteiger partial charge is 0.0302 e. The van der Waals surface area contributed by atoms with Gasteiger partial charge in [-0.3, -0.25) is 0 Å². The molecular weight excluding hydrogens is 139 g/mol. The summed E-state index contributed by atoms with van der Waals surface area (Å²) in [6, 6.07) is 8.37. The molecule has 10 heavy (non-hydrogen) atoms. The monoisotopic (exact) mass is 152 g/mol. The van der Waals surface area contributed by atoms with Gasteiger partial charge in [-0.2, -0.15) is 0 Å². The molecule has 0 aliphatic heterocycles. The standard InChI is InChI=1S/C7H9P.C2H4/c1-6-2-4-7(8)5-3-6;1-2/h2-5H,8H2,1H3;1-2H2.